The van der Waals surface area contributed by atoms with Crippen molar-refractivity contribution >= 4 is 32.7 Å². The molecule has 0 aliphatic carbocycles. The minimum absolute atomic E-state index is 0.0773. The van der Waals surface area contributed by atoms with Crippen LogP contribution in [-0.2, 0) is 0 Å². The number of fused-ring (bicyclic) bond motifs is 1. The number of nitrogens with zero attached hydrogens (tertiary/aromatic N) is 2. The Bertz CT molecular complexity index is 532. The molecule has 1 saturated heterocycles. The first kappa shape index (κ1) is 10.9. The quantitative estimate of drug-likeness (QED) is 0.574. The molecule has 2 atom stereocenters. The van der Waals surface area contributed by atoms with Crippen molar-refractivity contribution in [2.75, 3.05) is 11.9 Å². The lowest BCUT2D eigenvalue weighted by Gasteiger charge is -2.15. The van der Waals surface area contributed by atoms with Gasteiger partial charge in [-0.1, -0.05) is 15.9 Å². The molecule has 6 heteroatoms. The molecule has 1 aliphatic heterocycles. The van der Waals surface area contributed by atoms with Crippen molar-refractivity contribution in [2.45, 2.75) is 11.2 Å². The normalized spacial score (nSPS) is 24.1. The fourth-order valence-corrected chi connectivity index (χ4v) is 2.28. The number of halogens is 1. The molecule has 1 aliphatic rings. The average molecular weight is 294 g/mol. The number of benzene rings is 1. The van der Waals surface area contributed by atoms with E-state index >= 15 is 0 Å². The van der Waals surface area contributed by atoms with E-state index in [-0.39, 0.29) is 6.29 Å². The summed E-state index contributed by atoms with van der Waals surface area (Å²) < 4.78 is 0. The molecular weight excluding hydrogens is 282 g/mol. The topological polar surface area (TPSA) is 61.9 Å². The molecule has 2 heterocycles. The van der Waals surface area contributed by atoms with Gasteiger partial charge in [0.05, 0.1) is 16.0 Å². The number of rotatable bonds is 2. The van der Waals surface area contributed by atoms with Gasteiger partial charge in [0, 0.05) is 24.6 Å². The molecule has 0 spiro atoms. The van der Waals surface area contributed by atoms with E-state index in [4.69, 9.17) is 0 Å². The summed E-state index contributed by atoms with van der Waals surface area (Å²) >= 11 is 3.50. The van der Waals surface area contributed by atoms with Gasteiger partial charge in [-0.05, 0) is 18.2 Å². The molecule has 0 bridgehead atoms. The van der Waals surface area contributed by atoms with Crippen LogP contribution in [0.1, 0.15) is 0 Å². The van der Waals surface area contributed by atoms with E-state index in [1.807, 2.05) is 18.2 Å². The zero-order valence-electron chi connectivity index (χ0n) is 9.02. The van der Waals surface area contributed by atoms with Crippen molar-refractivity contribution in [3.05, 3.63) is 30.6 Å². The van der Waals surface area contributed by atoms with Crippen LogP contribution in [0.4, 0.5) is 5.69 Å². The van der Waals surface area contributed by atoms with Crippen molar-refractivity contribution < 1.29 is 0 Å². The molecule has 5 nitrogen and oxygen atoms in total. The minimum Gasteiger partial charge on any atom is -0.358 e. The largest absolute Gasteiger partial charge is 0.358 e. The molecule has 88 valence electrons. The van der Waals surface area contributed by atoms with Crippen LogP contribution in [-0.4, -0.2) is 27.8 Å². The average Bonchev–Trinajstić information content (AvgIpc) is 2.75. The Kier molecular flexibility index (Phi) is 2.92. The molecule has 17 heavy (non-hydrogen) atoms. The Morgan fingerprint density at radius 3 is 2.82 bits per heavy atom. The Morgan fingerprint density at radius 2 is 2.06 bits per heavy atom. The molecule has 1 fully saturated rings. The monoisotopic (exact) mass is 293 g/mol. The molecule has 2 unspecified atom stereocenters. The maximum absolute atomic E-state index is 4.28. The molecule has 2 aromatic rings. The lowest BCUT2D eigenvalue weighted by molar-refractivity contribution is 0.616. The van der Waals surface area contributed by atoms with Gasteiger partial charge in [-0.25, -0.2) is 0 Å². The second kappa shape index (κ2) is 4.56. The van der Waals surface area contributed by atoms with E-state index in [2.05, 4.69) is 41.8 Å². The van der Waals surface area contributed by atoms with Gasteiger partial charge in [0.2, 0.25) is 0 Å². The number of nitrogens with one attached hydrogen (secondary N) is 3. The highest BCUT2D eigenvalue weighted by atomic mass is 79.9. The highest BCUT2D eigenvalue weighted by Gasteiger charge is 2.19. The van der Waals surface area contributed by atoms with E-state index in [1.54, 1.807) is 12.4 Å². The summed E-state index contributed by atoms with van der Waals surface area (Å²) in [7, 11) is 0. The predicted octanol–water partition coefficient (Wildman–Crippen LogP) is 1.24. The molecule has 3 rings (SSSR count). The van der Waals surface area contributed by atoms with Crippen molar-refractivity contribution in [1.29, 1.82) is 0 Å². The lowest BCUT2D eigenvalue weighted by atomic mass is 10.2. The minimum atomic E-state index is 0.0773. The van der Waals surface area contributed by atoms with E-state index in [0.717, 1.165) is 23.3 Å². The Hall–Kier alpha value is -1.24. The summed E-state index contributed by atoms with van der Waals surface area (Å²) in [6.45, 7) is 0.894. The summed E-state index contributed by atoms with van der Waals surface area (Å²) in [5.74, 6) is 0. The Morgan fingerprint density at radius 1 is 1.24 bits per heavy atom. The van der Waals surface area contributed by atoms with Crippen LogP contribution in [0.2, 0.25) is 0 Å². The summed E-state index contributed by atoms with van der Waals surface area (Å²) in [5, 5.41) is 9.95. The molecule has 3 N–H and O–H groups in total. The van der Waals surface area contributed by atoms with Crippen molar-refractivity contribution in [1.82, 2.24) is 20.6 Å². The summed E-state index contributed by atoms with van der Waals surface area (Å²) in [5.41, 5.74) is 2.82. The van der Waals surface area contributed by atoms with Crippen LogP contribution < -0.4 is 16.0 Å². The maximum atomic E-state index is 4.28. The summed E-state index contributed by atoms with van der Waals surface area (Å²) in [6.07, 6.45) is 3.48. The van der Waals surface area contributed by atoms with E-state index in [0.29, 0.717) is 4.95 Å². The summed E-state index contributed by atoms with van der Waals surface area (Å²) in [4.78, 5) is 8.82. The Labute approximate surface area is 107 Å². The summed E-state index contributed by atoms with van der Waals surface area (Å²) in [6, 6.07) is 5.96. The smallest absolute Gasteiger partial charge is 0.133 e. The van der Waals surface area contributed by atoms with Crippen LogP contribution in [0.15, 0.2) is 30.6 Å². The number of hydrogen-bond acceptors (Lipinski definition) is 5. The second-order valence-electron chi connectivity index (χ2n) is 3.88. The zero-order valence-corrected chi connectivity index (χ0v) is 10.6. The number of anilines is 1. The highest BCUT2D eigenvalue weighted by molar-refractivity contribution is 9.09. The fourth-order valence-electron chi connectivity index (χ4n) is 1.83. The van der Waals surface area contributed by atoms with E-state index in [1.165, 1.54) is 0 Å². The second-order valence-corrected chi connectivity index (χ2v) is 4.98. The van der Waals surface area contributed by atoms with Crippen molar-refractivity contribution in [3.8, 4) is 0 Å². The van der Waals surface area contributed by atoms with Crippen LogP contribution >= 0.6 is 15.9 Å². The fraction of sp³-hybridized carbons (Fsp3) is 0.273. The third-order valence-corrected chi connectivity index (χ3v) is 3.22. The SMILES string of the molecule is BrC1CNC(Nc2ccc3nccnc3c2)N1. The van der Waals surface area contributed by atoms with Gasteiger partial charge in [-0.2, -0.15) is 0 Å². The van der Waals surface area contributed by atoms with Crippen molar-refractivity contribution in [3.63, 3.8) is 0 Å². The van der Waals surface area contributed by atoms with Crippen LogP contribution in [0.25, 0.3) is 11.0 Å². The lowest BCUT2D eigenvalue weighted by Crippen LogP contribution is -2.39. The molecule has 0 saturated carbocycles. The van der Waals surface area contributed by atoms with Crippen LogP contribution in [0.3, 0.4) is 0 Å². The Balaban J connectivity index is 1.81. The van der Waals surface area contributed by atoms with Gasteiger partial charge < -0.3 is 5.32 Å². The van der Waals surface area contributed by atoms with Gasteiger partial charge in [0.1, 0.15) is 6.29 Å². The predicted molar refractivity (Wildman–Crippen MR) is 70.8 cm³/mol. The number of hydrogen-bond donors (Lipinski definition) is 3. The first-order valence-corrected chi connectivity index (χ1v) is 6.34. The third-order valence-electron chi connectivity index (χ3n) is 2.63. The van der Waals surface area contributed by atoms with Gasteiger partial charge in [0.15, 0.2) is 0 Å². The molecular formula is C11H12BrN5. The first-order chi connectivity index (χ1) is 8.31. The molecule has 1 aromatic carbocycles. The zero-order chi connectivity index (χ0) is 11.7. The van der Waals surface area contributed by atoms with Crippen LogP contribution in [0.5, 0.6) is 0 Å². The van der Waals surface area contributed by atoms with Gasteiger partial charge in [0.25, 0.3) is 0 Å². The number of alkyl halides is 1. The molecule has 0 amide bonds. The number of aromatic nitrogens is 2. The van der Waals surface area contributed by atoms with Gasteiger partial charge in [-0.3, -0.25) is 20.6 Å². The first-order valence-electron chi connectivity index (χ1n) is 5.42. The third kappa shape index (κ3) is 2.38. The molecule has 0 radical (unpaired) electrons. The van der Waals surface area contributed by atoms with Crippen molar-refractivity contribution in [2.24, 2.45) is 0 Å². The van der Waals surface area contributed by atoms with Gasteiger partial charge in [-0.15, -0.1) is 0 Å². The van der Waals surface area contributed by atoms with Crippen LogP contribution in [0, 0.1) is 0 Å². The van der Waals surface area contributed by atoms with E-state index in [9.17, 15) is 0 Å². The van der Waals surface area contributed by atoms with Gasteiger partial charge >= 0.3 is 0 Å². The maximum Gasteiger partial charge on any atom is 0.133 e. The van der Waals surface area contributed by atoms with E-state index < -0.39 is 0 Å². The standard InChI is InChI=1S/C11H12BrN5/c12-10-6-15-11(17-10)16-7-1-2-8-9(5-7)14-4-3-13-8/h1-5,10-11,15-17H,6H2. The highest BCUT2D eigenvalue weighted by Crippen LogP contribution is 2.16. The molecule has 1 aromatic heterocycles.